The van der Waals surface area contributed by atoms with Gasteiger partial charge in [-0.05, 0) is 13.0 Å². The fraction of sp³-hybridized carbons (Fsp3) is 0.533. The van der Waals surface area contributed by atoms with E-state index in [0.29, 0.717) is 12.3 Å². The molecule has 0 unspecified atom stereocenters. The van der Waals surface area contributed by atoms with Crippen LogP contribution in [0.25, 0.3) is 0 Å². The first kappa shape index (κ1) is 14.8. The van der Waals surface area contributed by atoms with Gasteiger partial charge in [0.25, 0.3) is 0 Å². The molecule has 20 heavy (non-hydrogen) atoms. The molecule has 0 amide bonds. The van der Waals surface area contributed by atoms with Gasteiger partial charge in [-0.2, -0.15) is 0 Å². The van der Waals surface area contributed by atoms with Crippen molar-refractivity contribution in [2.75, 3.05) is 32.7 Å². The summed E-state index contributed by atoms with van der Waals surface area (Å²) in [7, 11) is 0. The van der Waals surface area contributed by atoms with E-state index < -0.39 is 5.97 Å². The minimum absolute atomic E-state index is 0.207. The molecule has 0 aliphatic carbocycles. The number of nitrogens with zero attached hydrogens (tertiary/aromatic N) is 2. The standard InChI is InChI=1S/C15H22N2O3/c1-12-2-3-14(18)13(10-12)11-17-8-6-16(7-9-17)5-4-15(19)20/h2-3,10,18H,4-9,11H2,1H3,(H,19,20). The summed E-state index contributed by atoms with van der Waals surface area (Å²) in [6.45, 7) is 6.99. The summed E-state index contributed by atoms with van der Waals surface area (Å²) in [6, 6.07) is 5.67. The summed E-state index contributed by atoms with van der Waals surface area (Å²) in [6.07, 6.45) is 0.207. The second-order valence-corrected chi connectivity index (χ2v) is 5.39. The molecule has 0 radical (unpaired) electrons. The first-order chi connectivity index (χ1) is 9.54. The third kappa shape index (κ3) is 4.21. The van der Waals surface area contributed by atoms with Gasteiger partial charge in [-0.3, -0.25) is 9.69 Å². The molecule has 2 rings (SSSR count). The molecular formula is C15H22N2O3. The van der Waals surface area contributed by atoms with Crippen LogP contribution in [0.2, 0.25) is 0 Å². The van der Waals surface area contributed by atoms with Crippen LogP contribution in [0.1, 0.15) is 17.5 Å². The Morgan fingerprint density at radius 2 is 1.85 bits per heavy atom. The third-order valence-corrected chi connectivity index (χ3v) is 3.74. The van der Waals surface area contributed by atoms with Gasteiger partial charge in [-0.25, -0.2) is 0 Å². The Labute approximate surface area is 119 Å². The van der Waals surface area contributed by atoms with Crippen LogP contribution in [-0.2, 0) is 11.3 Å². The number of aliphatic carboxylic acids is 1. The molecule has 1 heterocycles. The van der Waals surface area contributed by atoms with Crippen LogP contribution in [0.4, 0.5) is 0 Å². The highest BCUT2D eigenvalue weighted by atomic mass is 16.4. The van der Waals surface area contributed by atoms with E-state index in [2.05, 4.69) is 9.80 Å². The van der Waals surface area contributed by atoms with E-state index in [1.165, 1.54) is 0 Å². The molecule has 1 fully saturated rings. The van der Waals surface area contributed by atoms with E-state index in [1.807, 2.05) is 19.1 Å². The number of benzene rings is 1. The van der Waals surface area contributed by atoms with Crippen molar-refractivity contribution in [3.8, 4) is 5.75 Å². The first-order valence-corrected chi connectivity index (χ1v) is 6.99. The number of carboxylic acid groups (broad SMARTS) is 1. The molecule has 5 heteroatoms. The number of phenols is 1. The number of carboxylic acids is 1. The molecule has 0 atom stereocenters. The number of aromatic hydroxyl groups is 1. The van der Waals surface area contributed by atoms with Crippen LogP contribution in [0.3, 0.4) is 0 Å². The van der Waals surface area contributed by atoms with E-state index in [4.69, 9.17) is 5.11 Å². The summed E-state index contributed by atoms with van der Waals surface area (Å²) < 4.78 is 0. The normalized spacial score (nSPS) is 17.2. The van der Waals surface area contributed by atoms with Crippen LogP contribution in [0.15, 0.2) is 18.2 Å². The molecule has 1 aromatic carbocycles. The minimum Gasteiger partial charge on any atom is -0.508 e. The van der Waals surface area contributed by atoms with Crippen LogP contribution < -0.4 is 0 Å². The Bertz CT molecular complexity index is 468. The molecule has 1 aromatic rings. The van der Waals surface area contributed by atoms with Crippen molar-refractivity contribution in [3.05, 3.63) is 29.3 Å². The van der Waals surface area contributed by atoms with Gasteiger partial charge >= 0.3 is 5.97 Å². The molecule has 0 spiro atoms. The Hall–Kier alpha value is -1.59. The second-order valence-electron chi connectivity index (χ2n) is 5.39. The van der Waals surface area contributed by atoms with Gasteiger partial charge in [0.2, 0.25) is 0 Å². The first-order valence-electron chi connectivity index (χ1n) is 6.99. The average molecular weight is 278 g/mol. The summed E-state index contributed by atoms with van der Waals surface area (Å²) >= 11 is 0. The van der Waals surface area contributed by atoms with Crippen LogP contribution in [0.5, 0.6) is 5.75 Å². The van der Waals surface area contributed by atoms with Gasteiger partial charge in [0.05, 0.1) is 6.42 Å². The summed E-state index contributed by atoms with van der Waals surface area (Å²) in [4.78, 5) is 15.0. The Balaban J connectivity index is 1.82. The highest BCUT2D eigenvalue weighted by Gasteiger charge is 2.18. The zero-order chi connectivity index (χ0) is 14.5. The van der Waals surface area contributed by atoms with Crippen molar-refractivity contribution >= 4 is 5.97 Å². The lowest BCUT2D eigenvalue weighted by Gasteiger charge is -2.34. The second kappa shape index (κ2) is 6.72. The minimum atomic E-state index is -0.739. The van der Waals surface area contributed by atoms with Gasteiger partial charge < -0.3 is 15.1 Å². The predicted molar refractivity (Wildman–Crippen MR) is 76.8 cm³/mol. The largest absolute Gasteiger partial charge is 0.508 e. The maximum absolute atomic E-state index is 10.6. The molecule has 0 aromatic heterocycles. The number of carbonyl (C=O) groups is 1. The number of hydrogen-bond acceptors (Lipinski definition) is 4. The fourth-order valence-electron chi connectivity index (χ4n) is 2.51. The smallest absolute Gasteiger partial charge is 0.304 e. The van der Waals surface area contributed by atoms with E-state index in [1.54, 1.807) is 6.07 Å². The molecule has 1 aliphatic rings. The van der Waals surface area contributed by atoms with Gasteiger partial charge in [0.15, 0.2) is 0 Å². The number of hydrogen-bond donors (Lipinski definition) is 2. The lowest BCUT2D eigenvalue weighted by Crippen LogP contribution is -2.46. The zero-order valence-corrected chi connectivity index (χ0v) is 11.9. The van der Waals surface area contributed by atoms with Crippen LogP contribution in [0, 0.1) is 6.92 Å². The van der Waals surface area contributed by atoms with Gasteiger partial charge in [0, 0.05) is 44.8 Å². The Kier molecular flexibility index (Phi) is 4.98. The Morgan fingerprint density at radius 1 is 1.20 bits per heavy atom. The van der Waals surface area contributed by atoms with Gasteiger partial charge in [-0.15, -0.1) is 0 Å². The number of rotatable bonds is 5. The maximum atomic E-state index is 10.6. The summed E-state index contributed by atoms with van der Waals surface area (Å²) in [5.41, 5.74) is 2.11. The van der Waals surface area contributed by atoms with Crippen LogP contribution >= 0.6 is 0 Å². The Morgan fingerprint density at radius 3 is 2.50 bits per heavy atom. The highest BCUT2D eigenvalue weighted by molar-refractivity contribution is 5.66. The molecule has 0 saturated carbocycles. The molecular weight excluding hydrogens is 256 g/mol. The molecule has 5 nitrogen and oxygen atoms in total. The molecule has 2 N–H and O–H groups in total. The third-order valence-electron chi connectivity index (χ3n) is 3.74. The predicted octanol–water partition coefficient (Wildman–Crippen LogP) is 1.29. The lowest BCUT2D eigenvalue weighted by atomic mass is 10.1. The maximum Gasteiger partial charge on any atom is 0.304 e. The summed E-state index contributed by atoms with van der Waals surface area (Å²) in [5.74, 6) is -0.388. The number of aryl methyl sites for hydroxylation is 1. The number of piperazine rings is 1. The average Bonchev–Trinajstić information content (AvgIpc) is 2.42. The van der Waals surface area contributed by atoms with E-state index in [0.717, 1.165) is 43.9 Å². The topological polar surface area (TPSA) is 64.0 Å². The van der Waals surface area contributed by atoms with Crippen molar-refractivity contribution < 1.29 is 15.0 Å². The van der Waals surface area contributed by atoms with Gasteiger partial charge in [0.1, 0.15) is 5.75 Å². The van der Waals surface area contributed by atoms with Crippen molar-refractivity contribution in [3.63, 3.8) is 0 Å². The summed E-state index contributed by atoms with van der Waals surface area (Å²) in [5, 5.41) is 18.5. The lowest BCUT2D eigenvalue weighted by molar-refractivity contribution is -0.137. The van der Waals surface area contributed by atoms with Crippen molar-refractivity contribution in [1.82, 2.24) is 9.80 Å². The zero-order valence-electron chi connectivity index (χ0n) is 11.9. The fourth-order valence-corrected chi connectivity index (χ4v) is 2.51. The quantitative estimate of drug-likeness (QED) is 0.850. The number of phenolic OH excluding ortho intramolecular Hbond substituents is 1. The van der Waals surface area contributed by atoms with E-state index in [9.17, 15) is 9.90 Å². The SMILES string of the molecule is Cc1ccc(O)c(CN2CCN(CCC(=O)O)CC2)c1. The monoisotopic (exact) mass is 278 g/mol. The molecule has 0 bridgehead atoms. The van der Waals surface area contributed by atoms with Gasteiger partial charge in [-0.1, -0.05) is 17.7 Å². The van der Waals surface area contributed by atoms with E-state index >= 15 is 0 Å². The molecule has 1 saturated heterocycles. The van der Waals surface area contributed by atoms with Crippen LogP contribution in [-0.4, -0.2) is 58.7 Å². The van der Waals surface area contributed by atoms with Crippen molar-refractivity contribution in [1.29, 1.82) is 0 Å². The van der Waals surface area contributed by atoms with Crippen molar-refractivity contribution in [2.45, 2.75) is 19.9 Å². The molecule has 110 valence electrons. The highest BCUT2D eigenvalue weighted by Crippen LogP contribution is 2.20. The van der Waals surface area contributed by atoms with E-state index in [-0.39, 0.29) is 6.42 Å². The molecule has 1 aliphatic heterocycles. The van der Waals surface area contributed by atoms with Crippen molar-refractivity contribution in [2.24, 2.45) is 0 Å².